The predicted molar refractivity (Wildman–Crippen MR) is 70.4 cm³/mol. The number of benzene rings is 1. The Morgan fingerprint density at radius 1 is 1.24 bits per heavy atom. The molecule has 88 valence electrons. The van der Waals surface area contributed by atoms with E-state index < -0.39 is 0 Å². The molecule has 1 aromatic heterocycles. The fraction of sp³-hybridized carbons (Fsp3) is 0.231. The van der Waals surface area contributed by atoms with Crippen molar-refractivity contribution in [2.75, 3.05) is 11.9 Å². The number of nitrogens with one attached hydrogen (secondary N) is 1. The molecular formula is C13H14ClN3. The maximum atomic E-state index is 5.71. The molecule has 1 heterocycles. The summed E-state index contributed by atoms with van der Waals surface area (Å²) in [6.45, 7) is 2.99. The van der Waals surface area contributed by atoms with Gasteiger partial charge in [0.15, 0.2) is 0 Å². The van der Waals surface area contributed by atoms with E-state index in [1.165, 1.54) is 5.56 Å². The molecule has 2 rings (SSSR count). The largest absolute Gasteiger partial charge is 0.369 e. The third kappa shape index (κ3) is 3.43. The van der Waals surface area contributed by atoms with Crippen LogP contribution in [0.1, 0.15) is 18.4 Å². The van der Waals surface area contributed by atoms with Crippen molar-refractivity contribution in [3.05, 3.63) is 53.4 Å². The number of nitrogens with zero attached hydrogens (tertiary/aromatic N) is 2. The van der Waals surface area contributed by atoms with Crippen molar-refractivity contribution in [2.24, 2.45) is 0 Å². The van der Waals surface area contributed by atoms with Gasteiger partial charge in [-0.25, -0.2) is 9.97 Å². The smallest absolute Gasteiger partial charge is 0.224 e. The molecular weight excluding hydrogens is 234 g/mol. The molecule has 0 amide bonds. The van der Waals surface area contributed by atoms with Crippen LogP contribution in [0.3, 0.4) is 0 Å². The summed E-state index contributed by atoms with van der Waals surface area (Å²) < 4.78 is 0. The minimum atomic E-state index is 0.266. The molecule has 0 bridgehead atoms. The van der Waals surface area contributed by atoms with E-state index in [1.807, 2.05) is 24.3 Å². The molecule has 3 nitrogen and oxygen atoms in total. The Morgan fingerprint density at radius 3 is 2.71 bits per heavy atom. The molecule has 0 saturated carbocycles. The zero-order valence-corrected chi connectivity index (χ0v) is 10.4. The fourth-order valence-electron chi connectivity index (χ4n) is 1.59. The Bertz CT molecular complexity index is 473. The molecule has 0 aliphatic heterocycles. The van der Waals surface area contributed by atoms with Crippen LogP contribution < -0.4 is 5.32 Å². The number of rotatable bonds is 4. The van der Waals surface area contributed by atoms with Gasteiger partial charge in [-0.15, -0.1) is 0 Å². The van der Waals surface area contributed by atoms with Gasteiger partial charge in [0.25, 0.3) is 0 Å². The third-order valence-electron chi connectivity index (χ3n) is 2.58. The molecule has 0 saturated heterocycles. The van der Waals surface area contributed by atoms with Crippen LogP contribution >= 0.6 is 11.6 Å². The van der Waals surface area contributed by atoms with E-state index in [4.69, 9.17) is 11.6 Å². The summed E-state index contributed by atoms with van der Waals surface area (Å²) in [5.74, 6) is 1.18. The van der Waals surface area contributed by atoms with Crippen molar-refractivity contribution >= 4 is 17.4 Å². The molecule has 17 heavy (non-hydrogen) atoms. The Balaban J connectivity index is 1.95. The maximum Gasteiger partial charge on any atom is 0.224 e. The molecule has 0 aliphatic rings. The van der Waals surface area contributed by atoms with Gasteiger partial charge in [0.2, 0.25) is 5.28 Å². The van der Waals surface area contributed by atoms with Gasteiger partial charge in [-0.3, -0.25) is 0 Å². The fourth-order valence-corrected chi connectivity index (χ4v) is 1.74. The molecule has 0 fully saturated rings. The molecule has 0 spiro atoms. The first-order chi connectivity index (χ1) is 8.25. The standard InChI is InChI=1S/C13H14ClN3/c1-10(11-5-3-2-4-6-11)9-16-12-7-8-15-13(14)17-12/h2-8,10H,9H2,1H3,(H,15,16,17). The SMILES string of the molecule is CC(CNc1ccnc(Cl)n1)c1ccccc1. The minimum Gasteiger partial charge on any atom is -0.369 e. The van der Waals surface area contributed by atoms with Crippen molar-refractivity contribution in [3.8, 4) is 0 Å². The van der Waals surface area contributed by atoms with Crippen molar-refractivity contribution in [2.45, 2.75) is 12.8 Å². The van der Waals surface area contributed by atoms with Gasteiger partial charge < -0.3 is 5.32 Å². The number of hydrogen-bond donors (Lipinski definition) is 1. The van der Waals surface area contributed by atoms with E-state index in [-0.39, 0.29) is 5.28 Å². The maximum absolute atomic E-state index is 5.71. The number of halogens is 1. The summed E-state index contributed by atoms with van der Waals surface area (Å²) in [4.78, 5) is 7.92. The van der Waals surface area contributed by atoms with Crippen LogP contribution in [-0.4, -0.2) is 16.5 Å². The van der Waals surface area contributed by atoms with Crippen molar-refractivity contribution in [1.29, 1.82) is 0 Å². The second kappa shape index (κ2) is 5.64. The van der Waals surface area contributed by atoms with Crippen LogP contribution in [0.5, 0.6) is 0 Å². The summed E-state index contributed by atoms with van der Waals surface area (Å²) in [7, 11) is 0. The van der Waals surface area contributed by atoms with Crippen LogP contribution in [0, 0.1) is 0 Å². The van der Waals surface area contributed by atoms with Crippen molar-refractivity contribution in [3.63, 3.8) is 0 Å². The molecule has 2 aromatic rings. The highest BCUT2D eigenvalue weighted by Crippen LogP contribution is 2.15. The zero-order valence-electron chi connectivity index (χ0n) is 9.60. The van der Waals surface area contributed by atoms with Gasteiger partial charge in [0.05, 0.1) is 0 Å². The molecule has 1 unspecified atom stereocenters. The zero-order chi connectivity index (χ0) is 12.1. The molecule has 0 radical (unpaired) electrons. The lowest BCUT2D eigenvalue weighted by Gasteiger charge is -2.13. The predicted octanol–water partition coefficient (Wildman–Crippen LogP) is 3.35. The highest BCUT2D eigenvalue weighted by atomic mass is 35.5. The van der Waals surface area contributed by atoms with Crippen LogP contribution in [0.2, 0.25) is 5.28 Å². The van der Waals surface area contributed by atoms with E-state index in [0.717, 1.165) is 12.4 Å². The normalized spacial score (nSPS) is 12.1. The minimum absolute atomic E-state index is 0.266. The van der Waals surface area contributed by atoms with E-state index in [1.54, 1.807) is 6.20 Å². The first-order valence-corrected chi connectivity index (χ1v) is 5.91. The molecule has 1 N–H and O–H groups in total. The van der Waals surface area contributed by atoms with Gasteiger partial charge in [-0.2, -0.15) is 0 Å². The summed E-state index contributed by atoms with van der Waals surface area (Å²) >= 11 is 5.71. The van der Waals surface area contributed by atoms with E-state index >= 15 is 0 Å². The van der Waals surface area contributed by atoms with Crippen molar-refractivity contribution in [1.82, 2.24) is 9.97 Å². The van der Waals surface area contributed by atoms with Gasteiger partial charge >= 0.3 is 0 Å². The van der Waals surface area contributed by atoms with Gasteiger partial charge in [0, 0.05) is 12.7 Å². The quantitative estimate of drug-likeness (QED) is 0.842. The lowest BCUT2D eigenvalue weighted by atomic mass is 10.0. The summed E-state index contributed by atoms with van der Waals surface area (Å²) in [5, 5.41) is 3.51. The average Bonchev–Trinajstić information content (AvgIpc) is 2.37. The summed E-state index contributed by atoms with van der Waals surface area (Å²) in [6.07, 6.45) is 1.64. The Hall–Kier alpha value is -1.61. The lowest BCUT2D eigenvalue weighted by molar-refractivity contribution is 0.801. The third-order valence-corrected chi connectivity index (χ3v) is 2.77. The lowest BCUT2D eigenvalue weighted by Crippen LogP contribution is -2.10. The Morgan fingerprint density at radius 2 is 2.00 bits per heavy atom. The monoisotopic (exact) mass is 247 g/mol. The Labute approximate surface area is 106 Å². The average molecular weight is 248 g/mol. The Kier molecular flexibility index (Phi) is 3.94. The van der Waals surface area contributed by atoms with E-state index in [2.05, 4.69) is 34.3 Å². The van der Waals surface area contributed by atoms with Gasteiger partial charge in [0.1, 0.15) is 5.82 Å². The highest BCUT2D eigenvalue weighted by molar-refractivity contribution is 6.28. The number of anilines is 1. The first kappa shape index (κ1) is 11.9. The van der Waals surface area contributed by atoms with Crippen LogP contribution in [0.25, 0.3) is 0 Å². The van der Waals surface area contributed by atoms with Gasteiger partial charge in [-0.1, -0.05) is 37.3 Å². The van der Waals surface area contributed by atoms with Crippen LogP contribution in [0.4, 0.5) is 5.82 Å². The first-order valence-electron chi connectivity index (χ1n) is 5.53. The van der Waals surface area contributed by atoms with Gasteiger partial charge in [-0.05, 0) is 29.1 Å². The van der Waals surface area contributed by atoms with Crippen LogP contribution in [0.15, 0.2) is 42.6 Å². The summed E-state index contributed by atoms with van der Waals surface area (Å²) in [6, 6.07) is 12.2. The molecule has 1 aromatic carbocycles. The molecule has 0 aliphatic carbocycles. The van der Waals surface area contributed by atoms with Crippen LogP contribution in [-0.2, 0) is 0 Å². The number of aromatic nitrogens is 2. The van der Waals surface area contributed by atoms with E-state index in [0.29, 0.717) is 5.92 Å². The topological polar surface area (TPSA) is 37.8 Å². The summed E-state index contributed by atoms with van der Waals surface area (Å²) in [5.41, 5.74) is 1.31. The second-order valence-corrected chi connectivity index (χ2v) is 4.24. The highest BCUT2D eigenvalue weighted by Gasteiger charge is 2.04. The molecule has 1 atom stereocenters. The second-order valence-electron chi connectivity index (χ2n) is 3.90. The number of hydrogen-bond acceptors (Lipinski definition) is 3. The van der Waals surface area contributed by atoms with E-state index in [9.17, 15) is 0 Å². The molecule has 4 heteroatoms. The van der Waals surface area contributed by atoms with Crippen molar-refractivity contribution < 1.29 is 0 Å².